The molecule has 0 bridgehead atoms. The Balaban J connectivity index is 2.09. The van der Waals surface area contributed by atoms with Gasteiger partial charge in [-0.1, -0.05) is 49.8 Å². The summed E-state index contributed by atoms with van der Waals surface area (Å²) in [5.41, 5.74) is 2.01. The number of rotatable bonds is 0. The summed E-state index contributed by atoms with van der Waals surface area (Å²) < 4.78 is 1.42. The van der Waals surface area contributed by atoms with E-state index in [1.807, 2.05) is 0 Å². The van der Waals surface area contributed by atoms with Crippen LogP contribution in [0.1, 0.15) is 20.3 Å². The third kappa shape index (κ3) is 1.40. The van der Waals surface area contributed by atoms with Crippen LogP contribution >= 0.6 is 22.6 Å². The number of fused-ring (bicyclic) bond motifs is 3. The number of halogens is 1. The maximum absolute atomic E-state index is 2.45. The summed E-state index contributed by atoms with van der Waals surface area (Å²) >= 11 is 2.45. The van der Waals surface area contributed by atoms with Crippen molar-refractivity contribution in [1.82, 2.24) is 0 Å². The second kappa shape index (κ2) is 3.59. The van der Waals surface area contributed by atoms with E-state index in [4.69, 9.17) is 0 Å². The van der Waals surface area contributed by atoms with E-state index in [2.05, 4.69) is 72.9 Å². The molecule has 0 heterocycles. The Bertz CT molecular complexity index is 434. The van der Waals surface area contributed by atoms with Gasteiger partial charge in [0.2, 0.25) is 0 Å². The highest BCUT2D eigenvalue weighted by Gasteiger charge is 2.49. The molecular formula is C15H17I. The van der Waals surface area contributed by atoms with Gasteiger partial charge in [0.1, 0.15) is 0 Å². The molecule has 16 heavy (non-hydrogen) atoms. The smallest absolute Gasteiger partial charge is 0.00900 e. The molecule has 0 radical (unpaired) electrons. The van der Waals surface area contributed by atoms with Crippen molar-refractivity contribution in [1.29, 1.82) is 0 Å². The molecule has 0 aromatic heterocycles. The van der Waals surface area contributed by atoms with Crippen molar-refractivity contribution in [3.05, 3.63) is 45.6 Å². The summed E-state index contributed by atoms with van der Waals surface area (Å²) in [7, 11) is 0. The second-order valence-corrected chi connectivity index (χ2v) is 6.87. The van der Waals surface area contributed by atoms with E-state index >= 15 is 0 Å². The van der Waals surface area contributed by atoms with Crippen LogP contribution in [-0.2, 0) is 0 Å². The van der Waals surface area contributed by atoms with Gasteiger partial charge in [-0.2, -0.15) is 0 Å². The Kier molecular flexibility index (Phi) is 2.43. The topological polar surface area (TPSA) is 0 Å². The molecule has 0 aromatic rings. The predicted octanol–water partition coefficient (Wildman–Crippen LogP) is 4.65. The fourth-order valence-corrected chi connectivity index (χ4v) is 4.22. The summed E-state index contributed by atoms with van der Waals surface area (Å²) in [4.78, 5) is 0. The lowest BCUT2D eigenvalue weighted by Crippen LogP contribution is -2.21. The second-order valence-electron chi connectivity index (χ2n) is 5.63. The Morgan fingerprint density at radius 2 is 2.00 bits per heavy atom. The maximum Gasteiger partial charge on any atom is 0.00900 e. The number of allylic oxidation sites excluding steroid dienone is 8. The van der Waals surface area contributed by atoms with Crippen molar-refractivity contribution in [3.8, 4) is 0 Å². The zero-order valence-electron chi connectivity index (χ0n) is 9.78. The van der Waals surface area contributed by atoms with Crippen LogP contribution in [-0.4, -0.2) is 0 Å². The largest absolute Gasteiger partial charge is 0.0802 e. The Morgan fingerprint density at radius 1 is 1.25 bits per heavy atom. The molecule has 0 N–H and O–H groups in total. The molecule has 1 saturated carbocycles. The lowest BCUT2D eigenvalue weighted by atomic mass is 9.75. The predicted molar refractivity (Wildman–Crippen MR) is 77.3 cm³/mol. The van der Waals surface area contributed by atoms with Crippen LogP contribution in [0.15, 0.2) is 45.6 Å². The first-order valence-electron chi connectivity index (χ1n) is 6.03. The molecule has 0 aliphatic heterocycles. The lowest BCUT2D eigenvalue weighted by Gasteiger charge is -2.29. The standard InChI is InChI=1S/C15H17I/c1-15(2)13-6-4-3-5-11(13)12-8-7-10(16)9-14(12)15/h3-7,9,11-13H,8H2,1-2H3. The highest BCUT2D eigenvalue weighted by molar-refractivity contribution is 14.1. The molecule has 3 aliphatic carbocycles. The van der Waals surface area contributed by atoms with Gasteiger partial charge in [0.05, 0.1) is 0 Å². The monoisotopic (exact) mass is 324 g/mol. The van der Waals surface area contributed by atoms with Crippen molar-refractivity contribution in [3.63, 3.8) is 0 Å². The summed E-state index contributed by atoms with van der Waals surface area (Å²) in [6, 6.07) is 0. The minimum atomic E-state index is 0.335. The number of hydrogen-bond acceptors (Lipinski definition) is 0. The third-order valence-corrected chi connectivity index (χ3v) is 5.23. The highest BCUT2D eigenvalue weighted by atomic mass is 127. The van der Waals surface area contributed by atoms with Crippen molar-refractivity contribution in [2.75, 3.05) is 0 Å². The highest BCUT2D eigenvalue weighted by Crippen LogP contribution is 2.58. The molecule has 3 atom stereocenters. The van der Waals surface area contributed by atoms with Gasteiger partial charge < -0.3 is 0 Å². The minimum Gasteiger partial charge on any atom is -0.0802 e. The Labute approximate surface area is 111 Å². The Morgan fingerprint density at radius 3 is 2.81 bits per heavy atom. The molecule has 3 aliphatic rings. The van der Waals surface area contributed by atoms with E-state index in [-0.39, 0.29) is 0 Å². The van der Waals surface area contributed by atoms with Gasteiger partial charge in [0.25, 0.3) is 0 Å². The average Bonchev–Trinajstić information content (AvgIpc) is 2.49. The first kappa shape index (κ1) is 10.8. The summed E-state index contributed by atoms with van der Waals surface area (Å²) in [6.45, 7) is 4.82. The van der Waals surface area contributed by atoms with Gasteiger partial charge in [-0.25, -0.2) is 0 Å². The van der Waals surface area contributed by atoms with Crippen LogP contribution in [0.25, 0.3) is 0 Å². The Hall–Kier alpha value is -0.310. The van der Waals surface area contributed by atoms with E-state index in [9.17, 15) is 0 Å². The van der Waals surface area contributed by atoms with Crippen LogP contribution in [0.2, 0.25) is 0 Å². The number of hydrogen-bond donors (Lipinski definition) is 0. The molecular weight excluding hydrogens is 307 g/mol. The normalized spacial score (nSPS) is 38.8. The third-order valence-electron chi connectivity index (χ3n) is 4.48. The van der Waals surface area contributed by atoms with E-state index in [0.29, 0.717) is 11.3 Å². The molecule has 0 saturated heterocycles. The minimum absolute atomic E-state index is 0.335. The van der Waals surface area contributed by atoms with Crippen molar-refractivity contribution in [2.24, 2.45) is 23.2 Å². The fraction of sp³-hybridized carbons (Fsp3) is 0.467. The first-order valence-corrected chi connectivity index (χ1v) is 7.11. The molecule has 1 fully saturated rings. The molecule has 3 unspecified atom stereocenters. The summed E-state index contributed by atoms with van der Waals surface area (Å²) in [6.07, 6.45) is 15.3. The van der Waals surface area contributed by atoms with Crippen LogP contribution < -0.4 is 0 Å². The van der Waals surface area contributed by atoms with E-state index in [1.165, 1.54) is 10.0 Å². The first-order chi connectivity index (χ1) is 7.60. The SMILES string of the molecule is CC1(C)C2=CC(I)=CCC2C2C=CC=CC21. The van der Waals surface area contributed by atoms with Gasteiger partial charge in [0.15, 0.2) is 0 Å². The molecule has 3 rings (SSSR count). The van der Waals surface area contributed by atoms with E-state index in [1.54, 1.807) is 5.57 Å². The van der Waals surface area contributed by atoms with Gasteiger partial charge >= 0.3 is 0 Å². The zero-order chi connectivity index (χ0) is 11.3. The summed E-state index contributed by atoms with van der Waals surface area (Å²) in [5, 5.41) is 0. The molecule has 0 spiro atoms. The fourth-order valence-electron chi connectivity index (χ4n) is 3.63. The van der Waals surface area contributed by atoms with Gasteiger partial charge in [0, 0.05) is 3.58 Å². The van der Waals surface area contributed by atoms with E-state index < -0.39 is 0 Å². The molecule has 1 heteroatoms. The van der Waals surface area contributed by atoms with Crippen LogP contribution in [0.4, 0.5) is 0 Å². The molecule has 84 valence electrons. The van der Waals surface area contributed by atoms with Gasteiger partial charge in [-0.15, -0.1) is 0 Å². The van der Waals surface area contributed by atoms with Crippen LogP contribution in [0.3, 0.4) is 0 Å². The van der Waals surface area contributed by atoms with Crippen molar-refractivity contribution < 1.29 is 0 Å². The van der Waals surface area contributed by atoms with Crippen LogP contribution in [0, 0.1) is 23.2 Å². The summed E-state index contributed by atoms with van der Waals surface area (Å²) in [5.74, 6) is 2.18. The molecule has 0 amide bonds. The van der Waals surface area contributed by atoms with Crippen LogP contribution in [0.5, 0.6) is 0 Å². The molecule has 0 nitrogen and oxygen atoms in total. The zero-order valence-corrected chi connectivity index (χ0v) is 11.9. The quantitative estimate of drug-likeness (QED) is 0.569. The van der Waals surface area contributed by atoms with E-state index in [0.717, 1.165) is 11.8 Å². The van der Waals surface area contributed by atoms with Crippen molar-refractivity contribution >= 4 is 22.6 Å². The maximum atomic E-state index is 2.45. The average molecular weight is 324 g/mol. The van der Waals surface area contributed by atoms with Crippen molar-refractivity contribution in [2.45, 2.75) is 20.3 Å². The molecule has 0 aromatic carbocycles. The van der Waals surface area contributed by atoms with Gasteiger partial charge in [-0.3, -0.25) is 0 Å². The lowest BCUT2D eigenvalue weighted by molar-refractivity contribution is 0.321. The van der Waals surface area contributed by atoms with Gasteiger partial charge in [-0.05, 0) is 58.3 Å².